The molecule has 17 heavy (non-hydrogen) atoms. The minimum absolute atomic E-state index is 0.0246. The molecular weight excluding hydrogens is 244 g/mol. The van der Waals surface area contributed by atoms with E-state index < -0.39 is 4.92 Å². The molecule has 1 aliphatic rings. The zero-order valence-corrected chi connectivity index (χ0v) is 10.4. The fourth-order valence-corrected chi connectivity index (χ4v) is 1.77. The third kappa shape index (κ3) is 2.63. The minimum Gasteiger partial charge on any atom is -0.364 e. The Kier molecular flexibility index (Phi) is 2.91. The quantitative estimate of drug-likeness (QED) is 0.509. The van der Waals surface area contributed by atoms with Crippen LogP contribution in [-0.2, 0) is 0 Å². The van der Waals surface area contributed by atoms with E-state index in [0.717, 1.165) is 12.8 Å². The van der Waals surface area contributed by atoms with Crippen LogP contribution < -0.4 is 5.32 Å². The molecule has 0 radical (unpaired) electrons. The molecule has 7 heteroatoms. The Bertz CT molecular complexity index is 474. The number of nitrogens with one attached hydrogen (secondary N) is 1. The molecule has 1 saturated carbocycles. The van der Waals surface area contributed by atoms with E-state index >= 15 is 0 Å². The summed E-state index contributed by atoms with van der Waals surface area (Å²) < 4.78 is 0. The van der Waals surface area contributed by atoms with Crippen molar-refractivity contribution in [3.05, 3.63) is 21.1 Å². The average molecular weight is 257 g/mol. The number of nitrogens with zero attached hydrogens (tertiary/aromatic N) is 3. The molecule has 1 heterocycles. The Hall–Kier alpha value is -1.43. The molecule has 1 aliphatic carbocycles. The molecule has 1 N–H and O–H groups in total. The van der Waals surface area contributed by atoms with Gasteiger partial charge in [-0.1, -0.05) is 6.92 Å². The van der Waals surface area contributed by atoms with Crippen molar-refractivity contribution in [1.29, 1.82) is 0 Å². The number of hydrogen-bond acceptors (Lipinski definition) is 5. The average Bonchev–Trinajstić information content (AvgIpc) is 2.92. The Morgan fingerprint density at radius 3 is 2.71 bits per heavy atom. The van der Waals surface area contributed by atoms with E-state index in [9.17, 15) is 10.1 Å². The van der Waals surface area contributed by atoms with E-state index in [1.54, 1.807) is 6.92 Å². The van der Waals surface area contributed by atoms with Crippen molar-refractivity contribution < 1.29 is 4.92 Å². The summed E-state index contributed by atoms with van der Waals surface area (Å²) in [6, 6.07) is 0. The summed E-state index contributed by atoms with van der Waals surface area (Å²) in [5, 5.41) is 14.0. The van der Waals surface area contributed by atoms with E-state index in [1.165, 1.54) is 0 Å². The maximum absolute atomic E-state index is 10.9. The van der Waals surface area contributed by atoms with Gasteiger partial charge in [-0.05, 0) is 36.8 Å². The molecule has 0 saturated heterocycles. The van der Waals surface area contributed by atoms with E-state index in [-0.39, 0.29) is 27.9 Å². The molecule has 6 nitrogen and oxygen atoms in total. The predicted molar refractivity (Wildman–Crippen MR) is 64.3 cm³/mol. The lowest BCUT2D eigenvalue weighted by molar-refractivity contribution is -0.385. The third-order valence-electron chi connectivity index (χ3n) is 3.00. The van der Waals surface area contributed by atoms with Crippen molar-refractivity contribution >= 4 is 23.1 Å². The smallest absolute Gasteiger partial charge is 0.332 e. The van der Waals surface area contributed by atoms with E-state index in [4.69, 9.17) is 11.6 Å². The second kappa shape index (κ2) is 4.10. The van der Waals surface area contributed by atoms with Gasteiger partial charge in [0.05, 0.1) is 4.92 Å². The highest BCUT2D eigenvalue weighted by Gasteiger charge is 2.37. The third-order valence-corrected chi connectivity index (χ3v) is 3.17. The topological polar surface area (TPSA) is 81.0 Å². The predicted octanol–water partition coefficient (Wildman–Crippen LogP) is 2.56. The van der Waals surface area contributed by atoms with Crippen LogP contribution in [0.25, 0.3) is 0 Å². The number of aryl methyl sites for hydroxylation is 1. The second-order valence-corrected chi connectivity index (χ2v) is 5.03. The van der Waals surface area contributed by atoms with Gasteiger partial charge in [0.1, 0.15) is 5.69 Å². The van der Waals surface area contributed by atoms with E-state index in [2.05, 4.69) is 22.2 Å². The number of rotatable bonds is 4. The van der Waals surface area contributed by atoms with Gasteiger partial charge in [0, 0.05) is 6.54 Å². The molecule has 2 rings (SSSR count). The lowest BCUT2D eigenvalue weighted by atomic mass is 10.1. The normalized spacial score (nSPS) is 16.6. The summed E-state index contributed by atoms with van der Waals surface area (Å²) in [6.07, 6.45) is 2.26. The van der Waals surface area contributed by atoms with Gasteiger partial charge in [0.25, 0.3) is 0 Å². The largest absolute Gasteiger partial charge is 0.364 e. The van der Waals surface area contributed by atoms with Crippen LogP contribution in [0.15, 0.2) is 0 Å². The monoisotopic (exact) mass is 256 g/mol. The molecule has 1 fully saturated rings. The van der Waals surface area contributed by atoms with Crippen molar-refractivity contribution in [2.24, 2.45) is 5.41 Å². The van der Waals surface area contributed by atoms with Crippen LogP contribution in [0.3, 0.4) is 0 Å². The van der Waals surface area contributed by atoms with Crippen LogP contribution in [0.5, 0.6) is 0 Å². The fraction of sp³-hybridized carbons (Fsp3) is 0.600. The Morgan fingerprint density at radius 2 is 2.18 bits per heavy atom. The van der Waals surface area contributed by atoms with Gasteiger partial charge in [0.2, 0.25) is 11.1 Å². The van der Waals surface area contributed by atoms with E-state index in [0.29, 0.717) is 6.54 Å². The first-order valence-electron chi connectivity index (χ1n) is 5.34. The highest BCUT2D eigenvalue weighted by molar-refractivity contribution is 6.28. The van der Waals surface area contributed by atoms with Crippen molar-refractivity contribution in [2.75, 3.05) is 11.9 Å². The maximum atomic E-state index is 10.9. The molecule has 0 atom stereocenters. The van der Waals surface area contributed by atoms with Crippen LogP contribution in [0.2, 0.25) is 5.28 Å². The van der Waals surface area contributed by atoms with Crippen molar-refractivity contribution in [1.82, 2.24) is 9.97 Å². The number of halogens is 1. The Labute approximate surface area is 104 Å². The van der Waals surface area contributed by atoms with Crippen LogP contribution in [0.4, 0.5) is 11.5 Å². The molecule has 0 amide bonds. The molecule has 0 aromatic carbocycles. The summed E-state index contributed by atoms with van der Waals surface area (Å²) >= 11 is 5.71. The molecule has 1 aromatic heterocycles. The summed E-state index contributed by atoms with van der Waals surface area (Å²) in [5.41, 5.74) is 0.413. The standard InChI is InChI=1S/C10H13ClN4O2/c1-6-7(15(16)17)8(14-9(11)13-6)12-5-10(2)3-4-10/h3-5H2,1-2H3,(H,12,13,14). The first kappa shape index (κ1) is 12.0. The fourth-order valence-electron chi connectivity index (χ4n) is 1.56. The number of anilines is 1. The lowest BCUT2D eigenvalue weighted by Gasteiger charge is -2.11. The molecule has 0 spiro atoms. The molecule has 0 aliphatic heterocycles. The maximum Gasteiger partial charge on any atom is 0.332 e. The van der Waals surface area contributed by atoms with E-state index in [1.807, 2.05) is 0 Å². The molecule has 92 valence electrons. The summed E-state index contributed by atoms with van der Waals surface area (Å²) in [5.74, 6) is 0.209. The van der Waals surface area contributed by atoms with Gasteiger partial charge in [-0.15, -0.1) is 0 Å². The highest BCUT2D eigenvalue weighted by Crippen LogP contribution is 2.45. The van der Waals surface area contributed by atoms with Crippen molar-refractivity contribution in [2.45, 2.75) is 26.7 Å². The summed E-state index contributed by atoms with van der Waals surface area (Å²) in [6.45, 7) is 4.35. The highest BCUT2D eigenvalue weighted by atomic mass is 35.5. The Balaban J connectivity index is 2.26. The first-order valence-corrected chi connectivity index (χ1v) is 5.71. The number of hydrogen-bond donors (Lipinski definition) is 1. The van der Waals surface area contributed by atoms with Crippen molar-refractivity contribution in [3.63, 3.8) is 0 Å². The first-order chi connectivity index (χ1) is 7.91. The minimum atomic E-state index is -0.483. The summed E-state index contributed by atoms with van der Waals surface area (Å²) in [4.78, 5) is 18.1. The van der Waals surface area contributed by atoms with Gasteiger partial charge in [-0.2, -0.15) is 4.98 Å². The SMILES string of the molecule is Cc1nc(Cl)nc(NCC2(C)CC2)c1[N+](=O)[O-]. The number of nitro groups is 1. The molecule has 0 unspecified atom stereocenters. The number of aromatic nitrogens is 2. The zero-order chi connectivity index (χ0) is 12.6. The van der Waals surface area contributed by atoms with Crippen LogP contribution >= 0.6 is 11.6 Å². The Morgan fingerprint density at radius 1 is 1.53 bits per heavy atom. The molecule has 1 aromatic rings. The van der Waals surface area contributed by atoms with Gasteiger partial charge in [-0.25, -0.2) is 4.98 Å². The van der Waals surface area contributed by atoms with Gasteiger partial charge in [-0.3, -0.25) is 10.1 Å². The molecular formula is C10H13ClN4O2. The van der Waals surface area contributed by atoms with Crippen molar-refractivity contribution in [3.8, 4) is 0 Å². The second-order valence-electron chi connectivity index (χ2n) is 4.70. The van der Waals surface area contributed by atoms with Crippen LogP contribution in [0, 0.1) is 22.5 Å². The van der Waals surface area contributed by atoms with Gasteiger partial charge in [0.15, 0.2) is 0 Å². The zero-order valence-electron chi connectivity index (χ0n) is 9.66. The van der Waals surface area contributed by atoms with Crippen LogP contribution in [0.1, 0.15) is 25.5 Å². The van der Waals surface area contributed by atoms with Gasteiger partial charge < -0.3 is 5.32 Å². The summed E-state index contributed by atoms with van der Waals surface area (Å²) in [7, 11) is 0. The van der Waals surface area contributed by atoms with Gasteiger partial charge >= 0.3 is 5.69 Å². The van der Waals surface area contributed by atoms with Crippen LogP contribution in [-0.4, -0.2) is 21.4 Å². The molecule has 0 bridgehead atoms. The lowest BCUT2D eigenvalue weighted by Crippen LogP contribution is -2.15.